The summed E-state index contributed by atoms with van der Waals surface area (Å²) in [4.78, 5) is 8.64. The number of hydrogen-bond donors (Lipinski definition) is 1. The second kappa shape index (κ2) is 4.45. The topological polar surface area (TPSA) is 56.3 Å². The van der Waals surface area contributed by atoms with Crippen LogP contribution >= 0.6 is 15.9 Å². The van der Waals surface area contributed by atoms with Crippen LogP contribution in [0, 0.1) is 0 Å². The lowest BCUT2D eigenvalue weighted by Gasteiger charge is -2.05. The van der Waals surface area contributed by atoms with E-state index in [1.54, 1.807) is 6.20 Å². The van der Waals surface area contributed by atoms with E-state index in [4.69, 9.17) is 9.47 Å². The molecule has 2 aromatic rings. The third-order valence-corrected chi connectivity index (χ3v) is 3.19. The molecule has 92 valence electrons. The molecular weight excluding hydrogens is 298 g/mol. The van der Waals surface area contributed by atoms with Crippen molar-refractivity contribution >= 4 is 21.7 Å². The molecule has 1 aliphatic rings. The van der Waals surface area contributed by atoms with Gasteiger partial charge in [-0.1, -0.05) is 0 Å². The van der Waals surface area contributed by atoms with Gasteiger partial charge in [-0.05, 0) is 34.1 Å². The fraction of sp³-hybridized carbons (Fsp3) is 0.167. The molecule has 18 heavy (non-hydrogen) atoms. The minimum absolute atomic E-state index is 0.245. The Kier molecular flexibility index (Phi) is 2.79. The first-order valence-electron chi connectivity index (χ1n) is 5.38. The lowest BCUT2D eigenvalue weighted by Crippen LogP contribution is -1.95. The van der Waals surface area contributed by atoms with Gasteiger partial charge in [0.25, 0.3) is 0 Å². The Balaban J connectivity index is 2.09. The number of hydrogen-bond acceptors (Lipinski definition) is 5. The summed E-state index contributed by atoms with van der Waals surface area (Å²) in [5.41, 5.74) is 0.878. The molecule has 2 heterocycles. The van der Waals surface area contributed by atoms with Crippen LogP contribution in [0.2, 0.25) is 0 Å². The zero-order valence-corrected chi connectivity index (χ0v) is 11.2. The number of ether oxygens (including phenoxy) is 2. The first kappa shape index (κ1) is 11.3. The zero-order valence-electron chi connectivity index (χ0n) is 9.61. The summed E-state index contributed by atoms with van der Waals surface area (Å²) < 4.78 is 11.6. The average Bonchev–Trinajstić information content (AvgIpc) is 2.87. The van der Waals surface area contributed by atoms with Crippen molar-refractivity contribution in [1.82, 2.24) is 9.97 Å². The molecule has 5 nitrogen and oxygen atoms in total. The second-order valence-corrected chi connectivity index (χ2v) is 4.56. The van der Waals surface area contributed by atoms with Crippen molar-refractivity contribution in [2.75, 3.05) is 19.2 Å². The van der Waals surface area contributed by atoms with E-state index in [1.807, 2.05) is 25.2 Å². The Labute approximate surface area is 112 Å². The maximum atomic E-state index is 5.37. The molecule has 3 rings (SSSR count). The quantitative estimate of drug-likeness (QED) is 0.924. The maximum absolute atomic E-state index is 5.37. The van der Waals surface area contributed by atoms with Crippen LogP contribution in [0.5, 0.6) is 11.5 Å². The summed E-state index contributed by atoms with van der Waals surface area (Å²) >= 11 is 3.45. The molecule has 0 bridgehead atoms. The minimum atomic E-state index is 0.245. The van der Waals surface area contributed by atoms with E-state index in [0.29, 0.717) is 11.6 Å². The molecule has 0 atom stereocenters. The van der Waals surface area contributed by atoms with Gasteiger partial charge in [0.15, 0.2) is 17.3 Å². The molecule has 0 radical (unpaired) electrons. The number of fused-ring (bicyclic) bond motifs is 1. The number of anilines is 1. The molecule has 1 N–H and O–H groups in total. The monoisotopic (exact) mass is 307 g/mol. The Morgan fingerprint density at radius 2 is 2.22 bits per heavy atom. The van der Waals surface area contributed by atoms with Crippen molar-refractivity contribution < 1.29 is 9.47 Å². The predicted octanol–water partition coefficient (Wildman–Crippen LogP) is 2.68. The van der Waals surface area contributed by atoms with E-state index in [9.17, 15) is 0 Å². The normalized spacial score (nSPS) is 12.6. The number of nitrogens with zero attached hydrogens (tertiary/aromatic N) is 2. The van der Waals surface area contributed by atoms with E-state index in [1.165, 1.54) is 0 Å². The molecule has 1 aliphatic heterocycles. The molecule has 0 spiro atoms. The van der Waals surface area contributed by atoms with E-state index in [2.05, 4.69) is 31.2 Å². The van der Waals surface area contributed by atoms with E-state index < -0.39 is 0 Å². The molecule has 0 saturated heterocycles. The van der Waals surface area contributed by atoms with E-state index in [0.717, 1.165) is 21.6 Å². The second-order valence-electron chi connectivity index (χ2n) is 3.71. The van der Waals surface area contributed by atoms with Crippen molar-refractivity contribution in [1.29, 1.82) is 0 Å². The van der Waals surface area contributed by atoms with Gasteiger partial charge in [0, 0.05) is 18.8 Å². The van der Waals surface area contributed by atoms with Crippen molar-refractivity contribution in [2.24, 2.45) is 0 Å². The highest BCUT2D eigenvalue weighted by Gasteiger charge is 2.19. The average molecular weight is 308 g/mol. The number of benzene rings is 1. The summed E-state index contributed by atoms with van der Waals surface area (Å²) in [5.74, 6) is 2.84. The van der Waals surface area contributed by atoms with Gasteiger partial charge < -0.3 is 14.8 Å². The number of aromatic nitrogens is 2. The van der Waals surface area contributed by atoms with Crippen LogP contribution in [-0.4, -0.2) is 23.8 Å². The summed E-state index contributed by atoms with van der Waals surface area (Å²) in [6.07, 6.45) is 1.71. The van der Waals surface area contributed by atoms with E-state index >= 15 is 0 Å². The van der Waals surface area contributed by atoms with Gasteiger partial charge in [0.2, 0.25) is 6.79 Å². The Hall–Kier alpha value is -1.82. The van der Waals surface area contributed by atoms with Crippen LogP contribution < -0.4 is 14.8 Å². The van der Waals surface area contributed by atoms with Crippen LogP contribution in [-0.2, 0) is 0 Å². The van der Waals surface area contributed by atoms with Gasteiger partial charge in [0.05, 0.1) is 4.47 Å². The van der Waals surface area contributed by atoms with Crippen molar-refractivity contribution in [3.63, 3.8) is 0 Å². The van der Waals surface area contributed by atoms with Crippen LogP contribution in [0.4, 0.5) is 5.82 Å². The molecule has 1 aromatic carbocycles. The highest BCUT2D eigenvalue weighted by molar-refractivity contribution is 9.10. The molecule has 0 amide bonds. The number of nitrogens with one attached hydrogen (secondary N) is 1. The summed E-state index contributed by atoms with van der Waals surface area (Å²) in [6.45, 7) is 0.245. The molecule has 1 aromatic heterocycles. The lowest BCUT2D eigenvalue weighted by molar-refractivity contribution is 0.173. The molecule has 0 saturated carbocycles. The van der Waals surface area contributed by atoms with Gasteiger partial charge in [-0.2, -0.15) is 0 Å². The fourth-order valence-corrected chi connectivity index (χ4v) is 2.29. The van der Waals surface area contributed by atoms with Crippen molar-refractivity contribution in [2.45, 2.75) is 0 Å². The summed E-state index contributed by atoms with van der Waals surface area (Å²) in [6, 6.07) is 5.61. The molecule has 0 unspecified atom stereocenters. The predicted molar refractivity (Wildman–Crippen MR) is 70.8 cm³/mol. The van der Waals surface area contributed by atoms with Crippen LogP contribution in [0.3, 0.4) is 0 Å². The smallest absolute Gasteiger partial charge is 0.231 e. The Morgan fingerprint density at radius 1 is 1.33 bits per heavy atom. The number of halogens is 1. The number of rotatable bonds is 2. The Morgan fingerprint density at radius 3 is 3.06 bits per heavy atom. The van der Waals surface area contributed by atoms with Gasteiger partial charge in [0.1, 0.15) is 5.82 Å². The highest BCUT2D eigenvalue weighted by atomic mass is 79.9. The third kappa shape index (κ3) is 1.88. The molecule has 0 fully saturated rings. The zero-order chi connectivity index (χ0) is 12.5. The summed E-state index contributed by atoms with van der Waals surface area (Å²) in [7, 11) is 1.82. The van der Waals surface area contributed by atoms with Crippen LogP contribution in [0.1, 0.15) is 0 Å². The largest absolute Gasteiger partial charge is 0.454 e. The van der Waals surface area contributed by atoms with Crippen LogP contribution in [0.15, 0.2) is 28.9 Å². The lowest BCUT2D eigenvalue weighted by atomic mass is 10.2. The fourth-order valence-electron chi connectivity index (χ4n) is 1.73. The standard InChI is InChI=1S/C12H10BrN3O2/c1-14-10-2-3-15-12(16-10)7-4-8(13)11-9(5-7)17-6-18-11/h2-5H,6H2,1H3,(H,14,15,16). The Bertz CT molecular complexity index is 604. The van der Waals surface area contributed by atoms with Crippen molar-refractivity contribution in [3.05, 3.63) is 28.9 Å². The maximum Gasteiger partial charge on any atom is 0.231 e. The van der Waals surface area contributed by atoms with Crippen LogP contribution in [0.25, 0.3) is 11.4 Å². The van der Waals surface area contributed by atoms with Gasteiger partial charge in [-0.3, -0.25) is 0 Å². The first-order chi connectivity index (χ1) is 8.78. The van der Waals surface area contributed by atoms with Gasteiger partial charge in [-0.15, -0.1) is 0 Å². The van der Waals surface area contributed by atoms with E-state index in [-0.39, 0.29) is 6.79 Å². The highest BCUT2D eigenvalue weighted by Crippen LogP contribution is 2.41. The first-order valence-corrected chi connectivity index (χ1v) is 6.17. The third-order valence-electron chi connectivity index (χ3n) is 2.60. The van der Waals surface area contributed by atoms with Gasteiger partial charge in [-0.25, -0.2) is 9.97 Å². The molecule has 0 aliphatic carbocycles. The van der Waals surface area contributed by atoms with Gasteiger partial charge >= 0.3 is 0 Å². The molecule has 6 heteroatoms. The minimum Gasteiger partial charge on any atom is -0.454 e. The summed E-state index contributed by atoms with van der Waals surface area (Å²) in [5, 5.41) is 2.99. The molecular formula is C12H10BrN3O2. The van der Waals surface area contributed by atoms with Crippen molar-refractivity contribution in [3.8, 4) is 22.9 Å². The SMILES string of the molecule is CNc1ccnc(-c2cc(Br)c3c(c2)OCO3)n1.